The van der Waals surface area contributed by atoms with E-state index in [2.05, 4.69) is 5.73 Å². The third-order valence-electron chi connectivity index (χ3n) is 1.93. The summed E-state index contributed by atoms with van der Waals surface area (Å²) in [6, 6.07) is 0. The molecule has 1 amide bonds. The van der Waals surface area contributed by atoms with Crippen molar-refractivity contribution in [2.45, 2.75) is 39.8 Å². The second-order valence-electron chi connectivity index (χ2n) is 3.26. The Bertz CT molecular complexity index is 197. The lowest BCUT2D eigenvalue weighted by Crippen LogP contribution is -2.60. The maximum atomic E-state index is 8.78. The molecule has 1 atom stereocenters. The van der Waals surface area contributed by atoms with Crippen molar-refractivity contribution >= 4 is 14.9 Å². The van der Waals surface area contributed by atoms with E-state index >= 15 is 0 Å². The third-order valence-corrected chi connectivity index (χ3v) is 5.32. The highest BCUT2D eigenvalue weighted by Crippen LogP contribution is 2.15. The topological polar surface area (TPSA) is 117 Å². The molecular weight excluding hydrogens is 256 g/mol. The van der Waals surface area contributed by atoms with Gasteiger partial charge in [0.1, 0.15) is 0 Å². The number of carbonyl (C=O) groups is 1. The minimum absolute atomic E-state index is 0.123. The number of hydrogen-bond donors (Lipinski definition) is 3. The van der Waals surface area contributed by atoms with E-state index < -0.39 is 14.9 Å². The van der Waals surface area contributed by atoms with Crippen LogP contribution in [0, 0.1) is 0 Å². The average molecular weight is 282 g/mol. The third kappa shape index (κ3) is 8.42. The van der Waals surface area contributed by atoms with Gasteiger partial charge in [-0.3, -0.25) is 0 Å². The maximum absolute atomic E-state index is 8.78. The zero-order valence-corrected chi connectivity index (χ0v) is 12.6. The predicted molar refractivity (Wildman–Crippen MR) is 71.1 cm³/mol. The standard InChI is InChI=1S/C9H23NO3Si.CH3NO2/c1-5-9(10)14(11-6-2,12-7-3)13-8-4;2-1(3)4/h9H,5-8,10H2,1-4H3;2H2,(H,3,4). The highest BCUT2D eigenvalue weighted by Gasteiger charge is 2.46. The van der Waals surface area contributed by atoms with Gasteiger partial charge in [-0.1, -0.05) is 6.92 Å². The van der Waals surface area contributed by atoms with Crippen molar-refractivity contribution in [1.29, 1.82) is 0 Å². The fourth-order valence-electron chi connectivity index (χ4n) is 1.30. The molecule has 0 rings (SSSR count). The Hall–Kier alpha value is -0.673. The van der Waals surface area contributed by atoms with E-state index in [1.54, 1.807) is 0 Å². The van der Waals surface area contributed by atoms with Crippen LogP contribution < -0.4 is 11.5 Å². The molecule has 0 radical (unpaired) electrons. The highest BCUT2D eigenvalue weighted by atomic mass is 28.4. The molecule has 110 valence electrons. The molecule has 0 heterocycles. The Morgan fingerprint density at radius 3 is 1.56 bits per heavy atom. The van der Waals surface area contributed by atoms with E-state index in [9.17, 15) is 0 Å². The SMILES string of the molecule is CCO[Si](OCC)(OCC)C(N)CC.NC(=O)O. The van der Waals surface area contributed by atoms with Gasteiger partial charge in [0.2, 0.25) is 0 Å². The molecule has 5 N–H and O–H groups in total. The molecule has 0 fully saturated rings. The summed E-state index contributed by atoms with van der Waals surface area (Å²) in [5.41, 5.74) is 9.90. The fraction of sp³-hybridized carbons (Fsp3) is 0.900. The van der Waals surface area contributed by atoms with Crippen LogP contribution in [0.1, 0.15) is 34.1 Å². The lowest BCUT2D eigenvalue weighted by Gasteiger charge is -2.32. The summed E-state index contributed by atoms with van der Waals surface area (Å²) in [5, 5.41) is 7.19. The Morgan fingerprint density at radius 2 is 1.39 bits per heavy atom. The Kier molecular flexibility index (Phi) is 12.5. The lowest BCUT2D eigenvalue weighted by molar-refractivity contribution is 0.0618. The van der Waals surface area contributed by atoms with Gasteiger partial charge < -0.3 is 29.9 Å². The molecule has 0 spiro atoms. The van der Waals surface area contributed by atoms with Gasteiger partial charge in [0.05, 0.1) is 5.67 Å². The van der Waals surface area contributed by atoms with E-state index in [0.29, 0.717) is 19.8 Å². The van der Waals surface area contributed by atoms with Crippen molar-refractivity contribution in [3.8, 4) is 0 Å². The van der Waals surface area contributed by atoms with Gasteiger partial charge in [-0.2, -0.15) is 0 Å². The molecule has 0 aliphatic rings. The van der Waals surface area contributed by atoms with Crippen LogP contribution in [0.3, 0.4) is 0 Å². The van der Waals surface area contributed by atoms with E-state index in [0.717, 1.165) is 6.42 Å². The number of amides is 1. The van der Waals surface area contributed by atoms with Crippen molar-refractivity contribution in [1.82, 2.24) is 0 Å². The number of hydrogen-bond acceptors (Lipinski definition) is 5. The summed E-state index contributed by atoms with van der Waals surface area (Å²) in [4.78, 5) is 8.78. The van der Waals surface area contributed by atoms with Crippen molar-refractivity contribution in [3.63, 3.8) is 0 Å². The molecule has 0 saturated heterocycles. The quantitative estimate of drug-likeness (QED) is 0.570. The molecule has 0 saturated carbocycles. The molecule has 18 heavy (non-hydrogen) atoms. The van der Waals surface area contributed by atoms with Crippen LogP contribution in [0.4, 0.5) is 4.79 Å². The van der Waals surface area contributed by atoms with Gasteiger partial charge >= 0.3 is 14.9 Å². The van der Waals surface area contributed by atoms with Gasteiger partial charge in [-0.25, -0.2) is 4.79 Å². The maximum Gasteiger partial charge on any atom is 0.518 e. The minimum atomic E-state index is -2.62. The second-order valence-corrected chi connectivity index (χ2v) is 6.07. The number of primary amides is 1. The molecule has 0 aromatic carbocycles. The summed E-state index contributed by atoms with van der Waals surface area (Å²) in [5.74, 6) is 0. The number of rotatable bonds is 8. The molecule has 0 aromatic rings. The Morgan fingerprint density at radius 1 is 1.11 bits per heavy atom. The van der Waals surface area contributed by atoms with Crippen molar-refractivity contribution < 1.29 is 23.2 Å². The predicted octanol–water partition coefficient (Wildman–Crippen LogP) is 0.934. The smallest absolute Gasteiger partial charge is 0.465 e. The first-order valence-electron chi connectivity index (χ1n) is 6.05. The van der Waals surface area contributed by atoms with E-state index in [1.165, 1.54) is 0 Å². The molecule has 1 unspecified atom stereocenters. The first-order valence-corrected chi connectivity index (χ1v) is 7.86. The zero-order chi connectivity index (χ0) is 14.6. The first-order chi connectivity index (χ1) is 8.40. The highest BCUT2D eigenvalue weighted by molar-refractivity contribution is 6.62. The molecule has 0 aromatic heterocycles. The average Bonchev–Trinajstić information content (AvgIpc) is 2.28. The summed E-state index contributed by atoms with van der Waals surface area (Å²) < 4.78 is 16.9. The van der Waals surface area contributed by atoms with Crippen molar-refractivity contribution in [2.24, 2.45) is 11.5 Å². The normalized spacial score (nSPS) is 12.5. The van der Waals surface area contributed by atoms with Gasteiger partial charge in [-0.15, -0.1) is 0 Å². The first kappa shape index (κ1) is 19.7. The van der Waals surface area contributed by atoms with Gasteiger partial charge in [0.15, 0.2) is 0 Å². The monoisotopic (exact) mass is 282 g/mol. The number of nitrogens with two attached hydrogens (primary N) is 2. The zero-order valence-electron chi connectivity index (χ0n) is 11.6. The van der Waals surface area contributed by atoms with E-state index in [-0.39, 0.29) is 5.67 Å². The molecule has 0 aliphatic carbocycles. The molecule has 0 bridgehead atoms. The van der Waals surface area contributed by atoms with Crippen LogP contribution in [-0.2, 0) is 13.3 Å². The summed E-state index contributed by atoms with van der Waals surface area (Å²) in [6.45, 7) is 9.57. The van der Waals surface area contributed by atoms with Crippen LogP contribution >= 0.6 is 0 Å². The van der Waals surface area contributed by atoms with Crippen LogP contribution in [0.2, 0.25) is 0 Å². The van der Waals surface area contributed by atoms with Gasteiger partial charge in [-0.05, 0) is 27.2 Å². The van der Waals surface area contributed by atoms with Gasteiger partial charge in [0.25, 0.3) is 0 Å². The largest absolute Gasteiger partial charge is 0.518 e. The molecule has 0 aliphatic heterocycles. The lowest BCUT2D eigenvalue weighted by atomic mass is 10.5. The van der Waals surface area contributed by atoms with Crippen LogP contribution in [-0.4, -0.2) is 45.5 Å². The Balaban J connectivity index is 0. The Labute approximate surface area is 110 Å². The molecule has 8 heteroatoms. The van der Waals surface area contributed by atoms with Crippen LogP contribution in [0.25, 0.3) is 0 Å². The summed E-state index contributed by atoms with van der Waals surface area (Å²) >= 11 is 0. The molecule has 7 nitrogen and oxygen atoms in total. The fourth-order valence-corrected chi connectivity index (χ4v) is 3.90. The number of carboxylic acid groups (broad SMARTS) is 1. The van der Waals surface area contributed by atoms with Crippen LogP contribution in [0.5, 0.6) is 0 Å². The molecular formula is C10H26N2O5Si. The van der Waals surface area contributed by atoms with Gasteiger partial charge in [0, 0.05) is 19.8 Å². The van der Waals surface area contributed by atoms with E-state index in [4.69, 9.17) is 28.9 Å². The summed E-state index contributed by atoms with van der Waals surface area (Å²) in [7, 11) is -2.62. The van der Waals surface area contributed by atoms with Crippen molar-refractivity contribution in [2.75, 3.05) is 19.8 Å². The summed E-state index contributed by atoms with van der Waals surface area (Å²) in [6.07, 6.45) is -0.522. The van der Waals surface area contributed by atoms with Crippen molar-refractivity contribution in [3.05, 3.63) is 0 Å². The minimum Gasteiger partial charge on any atom is -0.465 e. The second kappa shape index (κ2) is 11.4. The van der Waals surface area contributed by atoms with E-state index in [1.807, 2.05) is 27.7 Å². The van der Waals surface area contributed by atoms with Crippen LogP contribution in [0.15, 0.2) is 0 Å².